The third-order valence-electron chi connectivity index (χ3n) is 4.79. The van der Waals surface area contributed by atoms with Crippen LogP contribution >= 0.6 is 0 Å². The number of hydrogen-bond donors (Lipinski definition) is 0. The number of ketones is 1. The molecule has 3 heteroatoms. The molecule has 3 nitrogen and oxygen atoms in total. The number of carbonyl (C=O) groups excluding carboxylic acids is 1. The van der Waals surface area contributed by atoms with Crippen LogP contribution in [0.1, 0.15) is 31.2 Å². The maximum absolute atomic E-state index is 12.2. The number of carbonyl (C=O) groups is 1. The molecule has 0 unspecified atom stereocenters. The zero-order chi connectivity index (χ0) is 13.9. The van der Waals surface area contributed by atoms with Crippen molar-refractivity contribution in [1.29, 1.82) is 5.26 Å². The first kappa shape index (κ1) is 13.3. The minimum Gasteiger partial charge on any atom is -0.299 e. The SMILES string of the molecule is N#C[C@@H]1CC[C@@H]2C[C@H]1C(=O)CCN2Cc1ccccc1. The van der Waals surface area contributed by atoms with E-state index in [0.717, 1.165) is 32.4 Å². The van der Waals surface area contributed by atoms with Gasteiger partial charge < -0.3 is 0 Å². The van der Waals surface area contributed by atoms with Crippen LogP contribution in [0.3, 0.4) is 0 Å². The van der Waals surface area contributed by atoms with E-state index in [1.807, 2.05) is 6.07 Å². The van der Waals surface area contributed by atoms with Crippen molar-refractivity contribution in [1.82, 2.24) is 4.90 Å². The smallest absolute Gasteiger partial charge is 0.138 e. The molecule has 1 aliphatic heterocycles. The second-order valence-electron chi connectivity index (χ2n) is 5.98. The monoisotopic (exact) mass is 268 g/mol. The van der Waals surface area contributed by atoms with Crippen molar-refractivity contribution in [2.45, 2.75) is 38.3 Å². The fourth-order valence-corrected chi connectivity index (χ4v) is 3.64. The topological polar surface area (TPSA) is 44.1 Å². The van der Waals surface area contributed by atoms with E-state index >= 15 is 0 Å². The third kappa shape index (κ3) is 2.62. The van der Waals surface area contributed by atoms with E-state index in [1.165, 1.54) is 5.56 Å². The van der Waals surface area contributed by atoms with Gasteiger partial charge in [0, 0.05) is 31.5 Å². The number of rotatable bonds is 2. The number of Topliss-reactive ketones (excluding diaryl/α,β-unsaturated/α-hetero) is 1. The van der Waals surface area contributed by atoms with Gasteiger partial charge in [0.2, 0.25) is 0 Å². The first-order valence-electron chi connectivity index (χ1n) is 7.48. The molecule has 1 aromatic rings. The Bertz CT molecular complexity index is 520. The molecule has 20 heavy (non-hydrogen) atoms. The molecule has 1 heterocycles. The lowest BCUT2D eigenvalue weighted by Crippen LogP contribution is -2.39. The number of hydrogen-bond acceptors (Lipinski definition) is 3. The number of benzene rings is 1. The Morgan fingerprint density at radius 3 is 2.80 bits per heavy atom. The largest absolute Gasteiger partial charge is 0.299 e. The van der Waals surface area contributed by atoms with Crippen molar-refractivity contribution in [3.8, 4) is 6.07 Å². The predicted molar refractivity (Wildman–Crippen MR) is 76.7 cm³/mol. The molecule has 3 rings (SSSR count). The third-order valence-corrected chi connectivity index (χ3v) is 4.79. The van der Waals surface area contributed by atoms with Gasteiger partial charge in [-0.1, -0.05) is 30.3 Å². The van der Waals surface area contributed by atoms with E-state index < -0.39 is 0 Å². The molecule has 1 aliphatic carbocycles. The van der Waals surface area contributed by atoms with E-state index in [0.29, 0.717) is 18.2 Å². The lowest BCUT2D eigenvalue weighted by Gasteiger charge is -2.35. The summed E-state index contributed by atoms with van der Waals surface area (Å²) in [5, 5.41) is 9.20. The van der Waals surface area contributed by atoms with Crippen molar-refractivity contribution in [3.63, 3.8) is 0 Å². The van der Waals surface area contributed by atoms with Crippen LogP contribution < -0.4 is 0 Å². The summed E-state index contributed by atoms with van der Waals surface area (Å²) in [6.45, 7) is 1.76. The molecule has 2 aliphatic rings. The predicted octanol–water partition coefficient (Wildman–Crippen LogP) is 2.77. The van der Waals surface area contributed by atoms with E-state index in [2.05, 4.69) is 35.2 Å². The fraction of sp³-hybridized carbons (Fsp3) is 0.529. The molecule has 0 aromatic heterocycles. The van der Waals surface area contributed by atoms with Crippen LogP contribution in [0.25, 0.3) is 0 Å². The van der Waals surface area contributed by atoms with Gasteiger partial charge >= 0.3 is 0 Å². The second-order valence-corrected chi connectivity index (χ2v) is 5.98. The maximum Gasteiger partial charge on any atom is 0.138 e. The van der Waals surface area contributed by atoms with Gasteiger partial charge in [-0.2, -0.15) is 5.26 Å². The van der Waals surface area contributed by atoms with Crippen LogP contribution in [-0.4, -0.2) is 23.3 Å². The second kappa shape index (κ2) is 5.76. The summed E-state index contributed by atoms with van der Waals surface area (Å²) < 4.78 is 0. The Kier molecular flexibility index (Phi) is 3.84. The Balaban J connectivity index is 1.75. The highest BCUT2D eigenvalue weighted by Gasteiger charge is 2.39. The molecule has 0 amide bonds. The number of fused-ring (bicyclic) bond motifs is 2. The summed E-state index contributed by atoms with van der Waals surface area (Å²) in [6.07, 6.45) is 3.41. The van der Waals surface area contributed by atoms with Gasteiger partial charge in [0.1, 0.15) is 5.78 Å². The highest BCUT2D eigenvalue weighted by atomic mass is 16.1. The minimum atomic E-state index is -0.0459. The molecule has 3 atom stereocenters. The van der Waals surface area contributed by atoms with E-state index in [-0.39, 0.29) is 11.8 Å². The van der Waals surface area contributed by atoms with Crippen LogP contribution in [0.2, 0.25) is 0 Å². The molecule has 1 aromatic carbocycles. The molecular weight excluding hydrogens is 248 g/mol. The van der Waals surface area contributed by atoms with Gasteiger partial charge in [0.05, 0.1) is 12.0 Å². The highest BCUT2D eigenvalue weighted by Crippen LogP contribution is 2.36. The van der Waals surface area contributed by atoms with Gasteiger partial charge in [-0.25, -0.2) is 0 Å². The molecule has 2 bridgehead atoms. The Hall–Kier alpha value is -1.66. The summed E-state index contributed by atoms with van der Waals surface area (Å²) in [7, 11) is 0. The summed E-state index contributed by atoms with van der Waals surface area (Å²) in [5.74, 6) is 0.242. The molecule has 1 saturated heterocycles. The van der Waals surface area contributed by atoms with Crippen LogP contribution in [0.5, 0.6) is 0 Å². The van der Waals surface area contributed by atoms with E-state index in [9.17, 15) is 10.1 Å². The lowest BCUT2D eigenvalue weighted by atomic mass is 9.75. The normalized spacial score (nSPS) is 30.6. The summed E-state index contributed by atoms with van der Waals surface area (Å²) in [5.41, 5.74) is 1.31. The molecular formula is C17H20N2O. The molecule has 0 spiro atoms. The molecule has 2 fully saturated rings. The van der Waals surface area contributed by atoms with E-state index in [1.54, 1.807) is 0 Å². The van der Waals surface area contributed by atoms with Gasteiger partial charge in [-0.3, -0.25) is 9.69 Å². The van der Waals surface area contributed by atoms with Crippen molar-refractivity contribution in [2.24, 2.45) is 11.8 Å². The van der Waals surface area contributed by atoms with Crippen LogP contribution in [0.4, 0.5) is 0 Å². The molecule has 0 N–H and O–H groups in total. The Morgan fingerprint density at radius 2 is 2.05 bits per heavy atom. The zero-order valence-electron chi connectivity index (χ0n) is 11.7. The average Bonchev–Trinajstić information content (AvgIpc) is 2.61. The standard InChI is InChI=1S/C17H20N2O/c18-11-14-6-7-15-10-16(14)17(20)8-9-19(15)12-13-4-2-1-3-5-13/h1-5,14-16H,6-10,12H2/t14-,15+,16+/m0/s1. The van der Waals surface area contributed by atoms with Crippen LogP contribution in [-0.2, 0) is 11.3 Å². The van der Waals surface area contributed by atoms with Crippen LogP contribution in [0.15, 0.2) is 30.3 Å². The van der Waals surface area contributed by atoms with Gasteiger partial charge in [-0.05, 0) is 24.8 Å². The summed E-state index contributed by atoms with van der Waals surface area (Å²) in [4.78, 5) is 14.7. The van der Waals surface area contributed by atoms with Crippen LogP contribution in [0, 0.1) is 23.2 Å². The highest BCUT2D eigenvalue weighted by molar-refractivity contribution is 5.82. The zero-order valence-corrected chi connectivity index (χ0v) is 11.7. The first-order valence-corrected chi connectivity index (χ1v) is 7.48. The Morgan fingerprint density at radius 1 is 1.25 bits per heavy atom. The first-order chi connectivity index (χ1) is 9.78. The average molecular weight is 268 g/mol. The van der Waals surface area contributed by atoms with Gasteiger partial charge in [-0.15, -0.1) is 0 Å². The van der Waals surface area contributed by atoms with Crippen molar-refractivity contribution in [3.05, 3.63) is 35.9 Å². The summed E-state index contributed by atoms with van der Waals surface area (Å²) >= 11 is 0. The van der Waals surface area contributed by atoms with Crippen molar-refractivity contribution in [2.75, 3.05) is 6.54 Å². The Labute approximate surface area is 120 Å². The fourth-order valence-electron chi connectivity index (χ4n) is 3.64. The summed E-state index contributed by atoms with van der Waals surface area (Å²) in [6, 6.07) is 13.3. The van der Waals surface area contributed by atoms with Crippen molar-refractivity contribution >= 4 is 5.78 Å². The number of nitrogens with zero attached hydrogens (tertiary/aromatic N) is 2. The van der Waals surface area contributed by atoms with Gasteiger partial charge in [0.15, 0.2) is 0 Å². The quantitative estimate of drug-likeness (QED) is 0.828. The number of nitriles is 1. The lowest BCUT2D eigenvalue weighted by molar-refractivity contribution is -0.124. The molecule has 104 valence electrons. The molecule has 0 radical (unpaired) electrons. The van der Waals surface area contributed by atoms with E-state index in [4.69, 9.17) is 0 Å². The van der Waals surface area contributed by atoms with Crippen molar-refractivity contribution < 1.29 is 4.79 Å². The molecule has 1 saturated carbocycles. The number of likely N-dealkylation sites (tertiary alicyclic amines) is 1. The van der Waals surface area contributed by atoms with Gasteiger partial charge in [0.25, 0.3) is 0 Å². The maximum atomic E-state index is 12.2. The minimum absolute atomic E-state index is 0.0143.